The molecule has 0 fully saturated rings. The molecule has 5 nitrogen and oxygen atoms in total. The number of nitrogens with zero attached hydrogens (tertiary/aromatic N) is 4. The average molecular weight is 303 g/mol. The van der Waals surface area contributed by atoms with Gasteiger partial charge >= 0.3 is 0 Å². The molecule has 0 bridgehead atoms. The lowest BCUT2D eigenvalue weighted by atomic mass is 10.2. The van der Waals surface area contributed by atoms with E-state index in [2.05, 4.69) is 46.2 Å². The monoisotopic (exact) mass is 303 g/mol. The van der Waals surface area contributed by atoms with E-state index >= 15 is 0 Å². The molecule has 0 aromatic carbocycles. The minimum Gasteiger partial charge on any atom is -0.355 e. The largest absolute Gasteiger partial charge is 0.355 e. The Morgan fingerprint density at radius 2 is 2.24 bits per heavy atom. The predicted molar refractivity (Wildman–Crippen MR) is 88.9 cm³/mol. The summed E-state index contributed by atoms with van der Waals surface area (Å²) >= 11 is 1.62. The second-order valence-electron chi connectivity index (χ2n) is 5.01. The van der Waals surface area contributed by atoms with Gasteiger partial charge in [0.1, 0.15) is 10.6 Å². The minimum atomic E-state index is -0.0272. The van der Waals surface area contributed by atoms with Crippen molar-refractivity contribution < 1.29 is 0 Å². The lowest BCUT2D eigenvalue weighted by Gasteiger charge is -2.24. The summed E-state index contributed by atoms with van der Waals surface area (Å²) in [6.45, 7) is 8.50. The molecule has 6 heteroatoms. The maximum absolute atomic E-state index is 9.05. The van der Waals surface area contributed by atoms with Gasteiger partial charge in [-0.15, -0.1) is 11.3 Å². The van der Waals surface area contributed by atoms with Crippen LogP contribution in [0.4, 0.5) is 11.8 Å². The molecular weight excluding hydrogens is 282 g/mol. The van der Waals surface area contributed by atoms with Crippen LogP contribution in [0.25, 0.3) is 10.2 Å². The zero-order chi connectivity index (χ0) is 15.2. The molecule has 0 saturated carbocycles. The van der Waals surface area contributed by atoms with Crippen molar-refractivity contribution in [2.75, 3.05) is 29.9 Å². The lowest BCUT2D eigenvalue weighted by molar-refractivity contribution is 0.681. The van der Waals surface area contributed by atoms with E-state index in [1.54, 1.807) is 11.3 Å². The first kappa shape index (κ1) is 15.5. The molecule has 2 aromatic rings. The molecule has 21 heavy (non-hydrogen) atoms. The highest BCUT2D eigenvalue weighted by molar-refractivity contribution is 7.16. The van der Waals surface area contributed by atoms with E-state index in [0.29, 0.717) is 12.5 Å². The summed E-state index contributed by atoms with van der Waals surface area (Å²) in [7, 11) is 0. The van der Waals surface area contributed by atoms with Gasteiger partial charge in [-0.05, 0) is 31.7 Å². The van der Waals surface area contributed by atoms with Gasteiger partial charge in [0.15, 0.2) is 0 Å². The summed E-state index contributed by atoms with van der Waals surface area (Å²) in [4.78, 5) is 12.4. The first-order valence-corrected chi connectivity index (χ1v) is 8.21. The smallest absolute Gasteiger partial charge is 0.226 e. The molecular formula is C15H21N5S. The molecule has 0 radical (unpaired) electrons. The van der Waals surface area contributed by atoms with Gasteiger partial charge in [0.25, 0.3) is 0 Å². The number of aromatic nitrogens is 2. The van der Waals surface area contributed by atoms with Gasteiger partial charge in [-0.3, -0.25) is 0 Å². The van der Waals surface area contributed by atoms with Crippen molar-refractivity contribution in [3.05, 3.63) is 11.4 Å². The van der Waals surface area contributed by atoms with Crippen molar-refractivity contribution >= 4 is 33.3 Å². The standard InChI is InChI=1S/C15H21N5S/c1-4-7-17-15-18-13(12-6-8-21-14(12)19-15)20(5-2)10-11(3)9-16/h6,8,11H,4-5,7,10H2,1-3H3,(H,17,18,19). The molecule has 1 N–H and O–H groups in total. The van der Waals surface area contributed by atoms with E-state index in [0.717, 1.165) is 35.5 Å². The molecule has 0 aliphatic heterocycles. The number of rotatable bonds is 7. The number of anilines is 2. The Bertz CT molecular complexity index is 631. The van der Waals surface area contributed by atoms with E-state index in [1.807, 2.05) is 12.3 Å². The maximum Gasteiger partial charge on any atom is 0.226 e. The fourth-order valence-corrected chi connectivity index (χ4v) is 2.89. The first-order chi connectivity index (χ1) is 10.2. The van der Waals surface area contributed by atoms with Crippen LogP contribution in [0.2, 0.25) is 0 Å². The van der Waals surface area contributed by atoms with Crippen molar-refractivity contribution in [2.45, 2.75) is 27.2 Å². The minimum absolute atomic E-state index is 0.0272. The van der Waals surface area contributed by atoms with Crippen molar-refractivity contribution in [2.24, 2.45) is 5.92 Å². The van der Waals surface area contributed by atoms with E-state index in [4.69, 9.17) is 5.26 Å². The Labute approximate surface area is 129 Å². The molecule has 2 heterocycles. The molecule has 2 aromatic heterocycles. The summed E-state index contributed by atoms with van der Waals surface area (Å²) < 4.78 is 0. The van der Waals surface area contributed by atoms with Gasteiger partial charge < -0.3 is 10.2 Å². The summed E-state index contributed by atoms with van der Waals surface area (Å²) in [5.41, 5.74) is 0. The number of hydrogen-bond donors (Lipinski definition) is 1. The molecule has 0 saturated heterocycles. The molecule has 2 rings (SSSR count). The van der Waals surface area contributed by atoms with Crippen molar-refractivity contribution in [3.63, 3.8) is 0 Å². The topological polar surface area (TPSA) is 64.8 Å². The second kappa shape index (κ2) is 7.23. The third-order valence-corrected chi connectivity index (χ3v) is 4.04. The Hall–Kier alpha value is -1.87. The van der Waals surface area contributed by atoms with E-state index in [1.165, 1.54) is 0 Å². The number of nitrogens with one attached hydrogen (secondary N) is 1. The van der Waals surface area contributed by atoms with Gasteiger partial charge in [-0.1, -0.05) is 6.92 Å². The lowest BCUT2D eigenvalue weighted by Crippen LogP contribution is -2.29. The number of thiophene rings is 1. The molecule has 0 aliphatic rings. The molecule has 0 aliphatic carbocycles. The van der Waals surface area contributed by atoms with Gasteiger partial charge in [0.05, 0.1) is 17.4 Å². The van der Waals surface area contributed by atoms with Gasteiger partial charge in [-0.25, -0.2) is 4.98 Å². The third-order valence-electron chi connectivity index (χ3n) is 3.23. The molecule has 1 atom stereocenters. The Kier molecular flexibility index (Phi) is 5.34. The van der Waals surface area contributed by atoms with Crippen molar-refractivity contribution in [3.8, 4) is 6.07 Å². The number of nitriles is 1. The third kappa shape index (κ3) is 3.61. The Balaban J connectivity index is 2.39. The van der Waals surface area contributed by atoms with Crippen LogP contribution in [0.3, 0.4) is 0 Å². The zero-order valence-electron chi connectivity index (χ0n) is 12.8. The highest BCUT2D eigenvalue weighted by Gasteiger charge is 2.16. The average Bonchev–Trinajstić information content (AvgIpc) is 2.97. The van der Waals surface area contributed by atoms with E-state index in [-0.39, 0.29) is 5.92 Å². The van der Waals surface area contributed by atoms with Gasteiger partial charge in [0, 0.05) is 19.6 Å². The quantitative estimate of drug-likeness (QED) is 0.848. The predicted octanol–water partition coefficient (Wildman–Crippen LogP) is 3.50. The molecule has 1 unspecified atom stereocenters. The number of fused-ring (bicyclic) bond motifs is 1. The fourth-order valence-electron chi connectivity index (χ4n) is 2.13. The summed E-state index contributed by atoms with van der Waals surface area (Å²) in [6, 6.07) is 4.35. The highest BCUT2D eigenvalue weighted by Crippen LogP contribution is 2.29. The summed E-state index contributed by atoms with van der Waals surface area (Å²) in [5.74, 6) is 1.56. The highest BCUT2D eigenvalue weighted by atomic mass is 32.1. The van der Waals surface area contributed by atoms with Crippen LogP contribution in [0.5, 0.6) is 0 Å². The van der Waals surface area contributed by atoms with E-state index in [9.17, 15) is 0 Å². The van der Waals surface area contributed by atoms with Gasteiger partial charge in [-0.2, -0.15) is 10.2 Å². The summed E-state index contributed by atoms with van der Waals surface area (Å²) in [6.07, 6.45) is 1.03. The first-order valence-electron chi connectivity index (χ1n) is 7.33. The van der Waals surface area contributed by atoms with Crippen LogP contribution >= 0.6 is 11.3 Å². The van der Waals surface area contributed by atoms with Crippen LogP contribution in [-0.4, -0.2) is 29.6 Å². The van der Waals surface area contributed by atoms with Gasteiger partial charge in [0.2, 0.25) is 5.95 Å². The second-order valence-corrected chi connectivity index (χ2v) is 5.90. The fraction of sp³-hybridized carbons (Fsp3) is 0.533. The number of hydrogen-bond acceptors (Lipinski definition) is 6. The van der Waals surface area contributed by atoms with Crippen molar-refractivity contribution in [1.82, 2.24) is 9.97 Å². The van der Waals surface area contributed by atoms with E-state index < -0.39 is 0 Å². The molecule has 0 amide bonds. The van der Waals surface area contributed by atoms with Crippen LogP contribution in [0.1, 0.15) is 27.2 Å². The van der Waals surface area contributed by atoms with Crippen LogP contribution in [0.15, 0.2) is 11.4 Å². The zero-order valence-corrected chi connectivity index (χ0v) is 13.6. The summed E-state index contributed by atoms with van der Waals surface area (Å²) in [5, 5.41) is 15.4. The van der Waals surface area contributed by atoms with Crippen molar-refractivity contribution in [1.29, 1.82) is 5.26 Å². The normalized spacial score (nSPS) is 12.1. The van der Waals surface area contributed by atoms with Crippen LogP contribution in [0, 0.1) is 17.2 Å². The Morgan fingerprint density at radius 3 is 2.90 bits per heavy atom. The van der Waals surface area contributed by atoms with Crippen LogP contribution in [-0.2, 0) is 0 Å². The molecule has 112 valence electrons. The maximum atomic E-state index is 9.05. The van der Waals surface area contributed by atoms with Crippen LogP contribution < -0.4 is 10.2 Å². The molecule has 0 spiro atoms. The Morgan fingerprint density at radius 1 is 1.43 bits per heavy atom. The SMILES string of the molecule is CCCNc1nc(N(CC)CC(C)C#N)c2ccsc2n1.